The zero-order valence-corrected chi connectivity index (χ0v) is 9.16. The second-order valence-corrected chi connectivity index (χ2v) is 5.53. The Morgan fingerprint density at radius 1 is 1.31 bits per heavy atom. The Morgan fingerprint density at radius 2 is 1.92 bits per heavy atom. The van der Waals surface area contributed by atoms with Gasteiger partial charge in [-0.25, -0.2) is 0 Å². The van der Waals surface area contributed by atoms with Crippen LogP contribution in [0, 0.1) is 0 Å². The predicted molar refractivity (Wildman–Crippen MR) is 53.4 cm³/mol. The van der Waals surface area contributed by atoms with Crippen LogP contribution in [0.2, 0.25) is 0 Å². The average Bonchev–Trinajstić information content (AvgIpc) is 1.93. The first-order valence-corrected chi connectivity index (χ1v) is 6.60. The van der Waals surface area contributed by atoms with Crippen LogP contribution in [-0.4, -0.2) is 29.6 Å². The number of rotatable bonds is 6. The minimum Gasteiger partial charge on any atom is -0.288 e. The van der Waals surface area contributed by atoms with E-state index in [1.807, 2.05) is 0 Å². The maximum absolute atomic E-state index is 10.5. The van der Waals surface area contributed by atoms with Crippen molar-refractivity contribution in [2.45, 2.75) is 26.2 Å². The summed E-state index contributed by atoms with van der Waals surface area (Å²) < 4.78 is 28.9. The van der Waals surface area contributed by atoms with Crippen molar-refractivity contribution in [1.82, 2.24) is 0 Å². The van der Waals surface area contributed by atoms with Crippen LogP contribution >= 0.6 is 11.8 Å². The van der Waals surface area contributed by atoms with Crippen molar-refractivity contribution in [2.75, 3.05) is 11.5 Å². The molecule has 0 unspecified atom stereocenters. The van der Waals surface area contributed by atoms with Crippen LogP contribution in [0.1, 0.15) is 26.2 Å². The molecule has 0 amide bonds. The Hall–Kier alpha value is -0.0700. The van der Waals surface area contributed by atoms with Gasteiger partial charge in [-0.15, -0.1) is 0 Å². The summed E-state index contributed by atoms with van der Waals surface area (Å²) in [4.78, 5) is 10.5. The van der Waals surface area contributed by atoms with Crippen LogP contribution in [-0.2, 0) is 14.9 Å². The first kappa shape index (κ1) is 12.9. The van der Waals surface area contributed by atoms with Crippen molar-refractivity contribution < 1.29 is 17.8 Å². The summed E-state index contributed by atoms with van der Waals surface area (Å²) in [5.41, 5.74) is 0. The number of hydrogen-bond donors (Lipinski definition) is 1. The molecule has 78 valence electrons. The fraction of sp³-hybridized carbons (Fsp3) is 0.857. The van der Waals surface area contributed by atoms with E-state index in [1.165, 1.54) is 18.7 Å². The second kappa shape index (κ2) is 6.39. The molecule has 0 saturated heterocycles. The van der Waals surface area contributed by atoms with Crippen molar-refractivity contribution in [1.29, 1.82) is 0 Å². The van der Waals surface area contributed by atoms with Crippen LogP contribution in [0.3, 0.4) is 0 Å². The lowest BCUT2D eigenvalue weighted by Gasteiger charge is -1.97. The van der Waals surface area contributed by atoms with Gasteiger partial charge in [-0.3, -0.25) is 9.35 Å². The van der Waals surface area contributed by atoms with Crippen molar-refractivity contribution in [2.24, 2.45) is 0 Å². The molecule has 0 atom stereocenters. The number of unbranched alkanes of at least 4 members (excludes halogenated alkanes) is 2. The van der Waals surface area contributed by atoms with Gasteiger partial charge in [0.15, 0.2) is 5.12 Å². The van der Waals surface area contributed by atoms with E-state index in [0.29, 0.717) is 6.42 Å². The molecule has 0 aromatic heterocycles. The Morgan fingerprint density at radius 3 is 2.38 bits per heavy atom. The number of carbonyl (C=O) groups is 1. The fourth-order valence-electron chi connectivity index (χ4n) is 0.779. The molecule has 0 aromatic carbocycles. The summed E-state index contributed by atoms with van der Waals surface area (Å²) in [7, 11) is -3.80. The van der Waals surface area contributed by atoms with Crippen molar-refractivity contribution in [3.8, 4) is 0 Å². The number of hydrogen-bond acceptors (Lipinski definition) is 4. The Labute approximate surface area is 82.8 Å². The molecule has 0 aliphatic heterocycles. The summed E-state index contributed by atoms with van der Waals surface area (Å²) in [6, 6.07) is 0. The minimum atomic E-state index is -3.80. The summed E-state index contributed by atoms with van der Waals surface area (Å²) in [5, 5.41) is 0.0785. The zero-order chi connectivity index (χ0) is 10.3. The largest absolute Gasteiger partial charge is 0.288 e. The smallest absolute Gasteiger partial charge is 0.264 e. The van der Waals surface area contributed by atoms with E-state index in [0.717, 1.165) is 18.6 Å². The minimum absolute atomic E-state index is 0.0785. The van der Waals surface area contributed by atoms with E-state index in [-0.39, 0.29) is 10.9 Å². The highest BCUT2D eigenvalue weighted by Gasteiger charge is 2.03. The van der Waals surface area contributed by atoms with Crippen molar-refractivity contribution in [3.05, 3.63) is 0 Å². The zero-order valence-electron chi connectivity index (χ0n) is 7.52. The molecule has 6 heteroatoms. The Kier molecular flexibility index (Phi) is 6.36. The van der Waals surface area contributed by atoms with Gasteiger partial charge in [0, 0.05) is 12.7 Å². The second-order valence-electron chi connectivity index (χ2n) is 2.69. The first-order chi connectivity index (χ1) is 5.92. The highest BCUT2D eigenvalue weighted by molar-refractivity contribution is 8.13. The molecule has 13 heavy (non-hydrogen) atoms. The summed E-state index contributed by atoms with van der Waals surface area (Å²) >= 11 is 1.24. The van der Waals surface area contributed by atoms with Gasteiger partial charge >= 0.3 is 0 Å². The molecule has 1 N–H and O–H groups in total. The third-order valence-electron chi connectivity index (χ3n) is 1.35. The van der Waals surface area contributed by atoms with Crippen molar-refractivity contribution in [3.63, 3.8) is 0 Å². The molecule has 0 bridgehead atoms. The molecular weight excluding hydrogens is 212 g/mol. The third-order valence-corrected chi connectivity index (χ3v) is 3.06. The average molecular weight is 226 g/mol. The maximum Gasteiger partial charge on any atom is 0.264 e. The van der Waals surface area contributed by atoms with Gasteiger partial charge in [0.25, 0.3) is 10.1 Å². The first-order valence-electron chi connectivity index (χ1n) is 4.00. The lowest BCUT2D eigenvalue weighted by molar-refractivity contribution is -0.109. The van der Waals surface area contributed by atoms with Gasteiger partial charge in [-0.2, -0.15) is 8.42 Å². The molecule has 0 aliphatic rings. The molecule has 0 heterocycles. The van der Waals surface area contributed by atoms with Crippen LogP contribution < -0.4 is 0 Å². The summed E-state index contributed by atoms with van der Waals surface area (Å²) in [5.74, 6) is 0.540. The van der Waals surface area contributed by atoms with Gasteiger partial charge in [-0.1, -0.05) is 18.2 Å². The molecule has 0 fully saturated rings. The summed E-state index contributed by atoms with van der Waals surface area (Å²) in [6.45, 7) is 1.50. The van der Waals surface area contributed by atoms with Crippen molar-refractivity contribution >= 4 is 27.0 Å². The number of thioether (sulfide) groups is 1. The Balaban J connectivity index is 3.23. The van der Waals surface area contributed by atoms with E-state index in [9.17, 15) is 13.2 Å². The highest BCUT2D eigenvalue weighted by atomic mass is 32.2. The molecule has 0 spiro atoms. The van der Waals surface area contributed by atoms with Gasteiger partial charge in [0.1, 0.15) is 0 Å². The van der Waals surface area contributed by atoms with E-state index in [1.54, 1.807) is 0 Å². The van der Waals surface area contributed by atoms with Crippen LogP contribution in [0.5, 0.6) is 0 Å². The molecule has 0 saturated carbocycles. The topological polar surface area (TPSA) is 71.4 Å². The van der Waals surface area contributed by atoms with Gasteiger partial charge in [-0.05, 0) is 12.8 Å². The van der Waals surface area contributed by atoms with Gasteiger partial charge in [0.05, 0.1) is 5.75 Å². The van der Waals surface area contributed by atoms with Crippen LogP contribution in [0.15, 0.2) is 0 Å². The van der Waals surface area contributed by atoms with Crippen LogP contribution in [0.25, 0.3) is 0 Å². The highest BCUT2D eigenvalue weighted by Crippen LogP contribution is 2.07. The van der Waals surface area contributed by atoms with Gasteiger partial charge in [0.2, 0.25) is 0 Å². The standard InChI is InChI=1S/C7H14O4S2/c1-7(8)12-5-3-2-4-6-13(9,10)11/h2-6H2,1H3,(H,9,10,11). The molecular formula is C7H14O4S2. The van der Waals surface area contributed by atoms with E-state index >= 15 is 0 Å². The quantitative estimate of drug-likeness (QED) is 0.546. The molecule has 4 nitrogen and oxygen atoms in total. The van der Waals surface area contributed by atoms with Crippen LogP contribution in [0.4, 0.5) is 0 Å². The van der Waals surface area contributed by atoms with E-state index < -0.39 is 10.1 Å². The third kappa shape index (κ3) is 11.9. The SMILES string of the molecule is CC(=O)SCCCCCS(=O)(=O)O. The fourth-order valence-corrected chi connectivity index (χ4v) is 1.98. The molecule has 0 rings (SSSR count). The summed E-state index contributed by atoms with van der Waals surface area (Å²) in [6.07, 6.45) is 1.98. The monoisotopic (exact) mass is 226 g/mol. The Bertz CT molecular complexity index is 245. The molecule has 0 radical (unpaired) electrons. The number of carbonyl (C=O) groups excluding carboxylic acids is 1. The normalized spacial score (nSPS) is 11.5. The lowest BCUT2D eigenvalue weighted by atomic mass is 10.3. The molecule has 0 aliphatic carbocycles. The van der Waals surface area contributed by atoms with Gasteiger partial charge < -0.3 is 0 Å². The maximum atomic E-state index is 10.5. The van der Waals surface area contributed by atoms with E-state index in [2.05, 4.69) is 0 Å². The predicted octanol–water partition coefficient (Wildman–Crippen LogP) is 1.32. The van der Waals surface area contributed by atoms with E-state index in [4.69, 9.17) is 4.55 Å². The lowest BCUT2D eigenvalue weighted by Crippen LogP contribution is -2.03. The molecule has 0 aromatic rings.